The second-order valence-electron chi connectivity index (χ2n) is 4.82. The van der Waals surface area contributed by atoms with Crippen LogP contribution in [-0.2, 0) is 22.6 Å². The van der Waals surface area contributed by atoms with Crippen molar-refractivity contribution in [1.82, 2.24) is 5.32 Å². The molecule has 2 aromatic carbocycles. The van der Waals surface area contributed by atoms with E-state index in [1.165, 1.54) is 5.56 Å². The Balaban J connectivity index is 1.87. The summed E-state index contributed by atoms with van der Waals surface area (Å²) >= 11 is 3.31. The van der Waals surface area contributed by atoms with Crippen LogP contribution < -0.4 is 10.6 Å². The SMILES string of the molecule is CCc1ccc(CNC(=O)C(=O)Nc2cccc(Br)c2)cc1. The summed E-state index contributed by atoms with van der Waals surface area (Å²) in [5, 5.41) is 5.16. The van der Waals surface area contributed by atoms with Crippen LogP contribution in [0.25, 0.3) is 0 Å². The molecule has 0 saturated heterocycles. The molecule has 2 amide bonds. The minimum Gasteiger partial charge on any atom is -0.344 e. The Morgan fingerprint density at radius 1 is 1.00 bits per heavy atom. The van der Waals surface area contributed by atoms with E-state index in [1.54, 1.807) is 18.2 Å². The number of hydrogen-bond donors (Lipinski definition) is 2. The third-order valence-electron chi connectivity index (χ3n) is 3.17. The van der Waals surface area contributed by atoms with Crippen LogP contribution in [0.3, 0.4) is 0 Å². The summed E-state index contributed by atoms with van der Waals surface area (Å²) in [5.74, 6) is -1.33. The van der Waals surface area contributed by atoms with Gasteiger partial charge in [-0.15, -0.1) is 0 Å². The fraction of sp³-hybridized carbons (Fsp3) is 0.176. The highest BCUT2D eigenvalue weighted by atomic mass is 79.9. The van der Waals surface area contributed by atoms with E-state index in [1.807, 2.05) is 30.3 Å². The highest BCUT2D eigenvalue weighted by Gasteiger charge is 2.13. The number of amides is 2. The van der Waals surface area contributed by atoms with Gasteiger partial charge in [0.05, 0.1) is 0 Å². The van der Waals surface area contributed by atoms with Crippen molar-refractivity contribution in [2.24, 2.45) is 0 Å². The predicted octanol–water partition coefficient (Wildman–Crippen LogP) is 3.27. The number of rotatable bonds is 4. The average molecular weight is 361 g/mol. The number of carbonyl (C=O) groups excluding carboxylic acids is 2. The number of halogens is 1. The van der Waals surface area contributed by atoms with Crippen molar-refractivity contribution in [3.63, 3.8) is 0 Å². The smallest absolute Gasteiger partial charge is 0.313 e. The van der Waals surface area contributed by atoms with Gasteiger partial charge < -0.3 is 10.6 Å². The highest BCUT2D eigenvalue weighted by molar-refractivity contribution is 9.10. The summed E-state index contributed by atoms with van der Waals surface area (Å²) in [6.07, 6.45) is 0.974. The fourth-order valence-electron chi connectivity index (χ4n) is 1.91. The topological polar surface area (TPSA) is 58.2 Å². The molecular weight excluding hydrogens is 344 g/mol. The number of aryl methyl sites for hydroxylation is 1. The van der Waals surface area contributed by atoms with Crippen LogP contribution in [0.15, 0.2) is 53.0 Å². The molecule has 0 atom stereocenters. The van der Waals surface area contributed by atoms with Gasteiger partial charge in [0.1, 0.15) is 0 Å². The van der Waals surface area contributed by atoms with E-state index in [0.717, 1.165) is 16.5 Å². The van der Waals surface area contributed by atoms with Gasteiger partial charge in [-0.1, -0.05) is 53.2 Å². The van der Waals surface area contributed by atoms with Crippen molar-refractivity contribution < 1.29 is 9.59 Å². The Morgan fingerprint density at radius 2 is 1.68 bits per heavy atom. The average Bonchev–Trinajstić information content (AvgIpc) is 2.53. The monoisotopic (exact) mass is 360 g/mol. The molecule has 0 aliphatic heterocycles. The van der Waals surface area contributed by atoms with Crippen LogP contribution in [0.4, 0.5) is 5.69 Å². The summed E-state index contributed by atoms with van der Waals surface area (Å²) in [7, 11) is 0. The first-order chi connectivity index (χ1) is 10.6. The quantitative estimate of drug-likeness (QED) is 0.822. The number of carbonyl (C=O) groups is 2. The Labute approximate surface area is 138 Å². The number of benzene rings is 2. The second-order valence-corrected chi connectivity index (χ2v) is 5.73. The van der Waals surface area contributed by atoms with Crippen LogP contribution in [0, 0.1) is 0 Å². The summed E-state index contributed by atoms with van der Waals surface area (Å²) in [5.41, 5.74) is 2.77. The molecule has 0 fully saturated rings. The van der Waals surface area contributed by atoms with Gasteiger partial charge in [0.2, 0.25) is 0 Å². The molecule has 22 heavy (non-hydrogen) atoms. The molecule has 2 aromatic rings. The Hall–Kier alpha value is -2.14. The van der Waals surface area contributed by atoms with E-state index in [2.05, 4.69) is 33.5 Å². The van der Waals surface area contributed by atoms with Crippen LogP contribution in [0.2, 0.25) is 0 Å². The molecule has 0 radical (unpaired) electrons. The molecule has 0 heterocycles. The van der Waals surface area contributed by atoms with E-state index in [9.17, 15) is 9.59 Å². The van der Waals surface area contributed by atoms with Gasteiger partial charge in [-0.2, -0.15) is 0 Å². The van der Waals surface area contributed by atoms with Crippen molar-refractivity contribution in [2.75, 3.05) is 5.32 Å². The molecule has 0 spiro atoms. The lowest BCUT2D eigenvalue weighted by molar-refractivity contribution is -0.136. The van der Waals surface area contributed by atoms with E-state index in [4.69, 9.17) is 0 Å². The minimum absolute atomic E-state index is 0.328. The first kappa shape index (κ1) is 16.2. The van der Waals surface area contributed by atoms with E-state index in [-0.39, 0.29) is 0 Å². The van der Waals surface area contributed by atoms with Gasteiger partial charge >= 0.3 is 11.8 Å². The summed E-state index contributed by atoms with van der Waals surface area (Å²) in [6, 6.07) is 15.0. The van der Waals surface area contributed by atoms with Gasteiger partial charge in [-0.3, -0.25) is 9.59 Å². The lowest BCUT2D eigenvalue weighted by Crippen LogP contribution is -2.34. The molecule has 2 N–H and O–H groups in total. The van der Waals surface area contributed by atoms with Gasteiger partial charge in [0.15, 0.2) is 0 Å². The van der Waals surface area contributed by atoms with E-state index < -0.39 is 11.8 Å². The Bertz CT molecular complexity index is 669. The number of anilines is 1. The van der Waals surface area contributed by atoms with Crippen LogP contribution in [-0.4, -0.2) is 11.8 Å². The standard InChI is InChI=1S/C17H17BrN2O2/c1-2-12-6-8-13(9-7-12)11-19-16(21)17(22)20-15-5-3-4-14(18)10-15/h3-10H,2,11H2,1H3,(H,19,21)(H,20,22). The third kappa shape index (κ3) is 4.70. The summed E-state index contributed by atoms with van der Waals surface area (Å²) < 4.78 is 0.835. The molecule has 0 aromatic heterocycles. The molecule has 0 aliphatic carbocycles. The largest absolute Gasteiger partial charge is 0.344 e. The van der Waals surface area contributed by atoms with E-state index in [0.29, 0.717) is 12.2 Å². The van der Waals surface area contributed by atoms with Crippen molar-refractivity contribution in [2.45, 2.75) is 19.9 Å². The zero-order chi connectivity index (χ0) is 15.9. The number of hydrogen-bond acceptors (Lipinski definition) is 2. The third-order valence-corrected chi connectivity index (χ3v) is 3.67. The van der Waals surface area contributed by atoms with E-state index >= 15 is 0 Å². The lowest BCUT2D eigenvalue weighted by Gasteiger charge is -2.07. The molecule has 5 heteroatoms. The van der Waals surface area contributed by atoms with Crippen molar-refractivity contribution >= 4 is 33.4 Å². The first-order valence-electron chi connectivity index (χ1n) is 7.01. The maximum absolute atomic E-state index is 11.8. The minimum atomic E-state index is -0.678. The first-order valence-corrected chi connectivity index (χ1v) is 7.80. The normalized spacial score (nSPS) is 10.1. The van der Waals surface area contributed by atoms with Crippen LogP contribution >= 0.6 is 15.9 Å². The molecule has 0 aliphatic rings. The Morgan fingerprint density at radius 3 is 2.32 bits per heavy atom. The lowest BCUT2D eigenvalue weighted by atomic mass is 10.1. The predicted molar refractivity (Wildman–Crippen MR) is 90.4 cm³/mol. The van der Waals surface area contributed by atoms with Gasteiger partial charge in [0.25, 0.3) is 0 Å². The molecule has 2 rings (SSSR count). The van der Waals surface area contributed by atoms with Crippen molar-refractivity contribution in [3.8, 4) is 0 Å². The zero-order valence-electron chi connectivity index (χ0n) is 12.2. The molecular formula is C17H17BrN2O2. The molecule has 0 bridgehead atoms. The molecule has 4 nitrogen and oxygen atoms in total. The maximum Gasteiger partial charge on any atom is 0.313 e. The van der Waals surface area contributed by atoms with Crippen molar-refractivity contribution in [1.29, 1.82) is 0 Å². The number of nitrogens with one attached hydrogen (secondary N) is 2. The zero-order valence-corrected chi connectivity index (χ0v) is 13.8. The maximum atomic E-state index is 11.8. The molecule has 0 unspecified atom stereocenters. The fourth-order valence-corrected chi connectivity index (χ4v) is 2.31. The Kier molecular flexibility index (Phi) is 5.72. The van der Waals surface area contributed by atoms with Gasteiger partial charge in [-0.25, -0.2) is 0 Å². The van der Waals surface area contributed by atoms with Crippen LogP contribution in [0.1, 0.15) is 18.1 Å². The van der Waals surface area contributed by atoms with Crippen molar-refractivity contribution in [3.05, 3.63) is 64.1 Å². The summed E-state index contributed by atoms with van der Waals surface area (Å²) in [4.78, 5) is 23.6. The highest BCUT2D eigenvalue weighted by Crippen LogP contribution is 2.15. The summed E-state index contributed by atoms with van der Waals surface area (Å²) in [6.45, 7) is 2.41. The second kappa shape index (κ2) is 7.75. The van der Waals surface area contributed by atoms with Gasteiger partial charge in [0, 0.05) is 16.7 Å². The van der Waals surface area contributed by atoms with Crippen LogP contribution in [0.5, 0.6) is 0 Å². The molecule has 0 saturated carbocycles. The van der Waals surface area contributed by atoms with Gasteiger partial charge in [-0.05, 0) is 35.7 Å². The molecule has 114 valence electrons.